The summed E-state index contributed by atoms with van der Waals surface area (Å²) in [4.78, 5) is 11.2. The Kier molecular flexibility index (Phi) is 7.45. The monoisotopic (exact) mass is 425 g/mol. The van der Waals surface area contributed by atoms with Crippen LogP contribution in [0.25, 0.3) is 6.08 Å². The van der Waals surface area contributed by atoms with Crippen LogP contribution >= 0.6 is 11.6 Å². The molecule has 0 unspecified atom stereocenters. The number of esters is 1. The van der Waals surface area contributed by atoms with Gasteiger partial charge < -0.3 is 14.2 Å². The van der Waals surface area contributed by atoms with Crippen molar-refractivity contribution in [3.05, 3.63) is 58.6 Å². The Balaban J connectivity index is 2.40. The lowest BCUT2D eigenvalue weighted by atomic mass is 10.2. The maximum atomic E-state index is 12.9. The number of carbonyl (C=O) groups is 1. The number of halogens is 1. The van der Waals surface area contributed by atoms with Crippen LogP contribution in [0.15, 0.2) is 47.4 Å². The number of ether oxygens (including phenoxy) is 3. The van der Waals surface area contributed by atoms with Gasteiger partial charge in [0.05, 0.1) is 21.3 Å². The molecule has 7 nitrogen and oxygen atoms in total. The number of carbonyl (C=O) groups excluding carboxylic acids is 1. The van der Waals surface area contributed by atoms with Crippen LogP contribution in [-0.2, 0) is 26.1 Å². The number of hydrogen-bond acceptors (Lipinski definition) is 6. The van der Waals surface area contributed by atoms with E-state index >= 15 is 0 Å². The first-order valence-corrected chi connectivity index (χ1v) is 9.93. The molecular formula is C19H20ClNO6S. The Bertz CT molecular complexity index is 971. The lowest BCUT2D eigenvalue weighted by molar-refractivity contribution is -0.134. The molecule has 0 atom stereocenters. The Morgan fingerprint density at radius 1 is 1.11 bits per heavy atom. The van der Waals surface area contributed by atoms with Crippen molar-refractivity contribution in [1.29, 1.82) is 0 Å². The summed E-state index contributed by atoms with van der Waals surface area (Å²) in [5.41, 5.74) is 1.16. The van der Waals surface area contributed by atoms with Crippen LogP contribution in [0, 0.1) is 0 Å². The van der Waals surface area contributed by atoms with Crippen molar-refractivity contribution in [3.63, 3.8) is 0 Å². The van der Waals surface area contributed by atoms with Crippen LogP contribution in [-0.4, -0.2) is 35.7 Å². The Morgan fingerprint density at radius 3 is 2.36 bits per heavy atom. The molecule has 9 heteroatoms. The van der Waals surface area contributed by atoms with Crippen LogP contribution in [0.4, 0.5) is 0 Å². The van der Waals surface area contributed by atoms with Crippen LogP contribution in [0.1, 0.15) is 11.1 Å². The Hall–Kier alpha value is -2.55. The highest BCUT2D eigenvalue weighted by Gasteiger charge is 2.23. The van der Waals surface area contributed by atoms with E-state index in [1.54, 1.807) is 30.3 Å². The van der Waals surface area contributed by atoms with Gasteiger partial charge in [-0.1, -0.05) is 23.7 Å². The van der Waals surface area contributed by atoms with Gasteiger partial charge in [-0.25, -0.2) is 17.9 Å². The number of methoxy groups -OCH3 is 3. The summed E-state index contributed by atoms with van der Waals surface area (Å²) in [5.74, 6) is -0.303. The lowest BCUT2D eigenvalue weighted by Crippen LogP contribution is -2.24. The summed E-state index contributed by atoms with van der Waals surface area (Å²) in [6.07, 6.45) is 2.60. The summed E-state index contributed by atoms with van der Waals surface area (Å²) in [5, 5.41) is 0.558. The minimum absolute atomic E-state index is 0.0568. The zero-order valence-electron chi connectivity index (χ0n) is 15.6. The second-order valence-corrected chi connectivity index (χ2v) is 7.73. The fraction of sp³-hybridized carbons (Fsp3) is 0.211. The smallest absolute Gasteiger partial charge is 0.330 e. The van der Waals surface area contributed by atoms with Crippen molar-refractivity contribution in [2.24, 2.45) is 0 Å². The normalized spacial score (nSPS) is 11.4. The largest absolute Gasteiger partial charge is 0.493 e. The third kappa shape index (κ3) is 5.48. The first-order valence-electron chi connectivity index (χ1n) is 8.07. The van der Waals surface area contributed by atoms with Gasteiger partial charge in [-0.3, -0.25) is 0 Å². The van der Waals surface area contributed by atoms with E-state index in [9.17, 15) is 13.2 Å². The first-order chi connectivity index (χ1) is 13.3. The van der Waals surface area contributed by atoms with Gasteiger partial charge in [0.15, 0.2) is 11.5 Å². The number of rotatable bonds is 8. The zero-order chi connectivity index (χ0) is 20.7. The van der Waals surface area contributed by atoms with Gasteiger partial charge in [0.25, 0.3) is 0 Å². The minimum atomic E-state index is -3.95. The summed E-state index contributed by atoms with van der Waals surface area (Å²) in [6, 6.07) is 9.72. The number of hydrogen-bond donors (Lipinski definition) is 1. The molecule has 2 rings (SSSR count). The van der Waals surface area contributed by atoms with E-state index in [1.165, 1.54) is 39.5 Å². The second-order valence-electron chi connectivity index (χ2n) is 5.56. The van der Waals surface area contributed by atoms with Crippen LogP contribution in [0.2, 0.25) is 5.02 Å². The third-order valence-electron chi connectivity index (χ3n) is 3.75. The molecule has 0 spiro atoms. The first kappa shape index (κ1) is 21.7. The van der Waals surface area contributed by atoms with Gasteiger partial charge in [-0.15, -0.1) is 0 Å². The standard InChI is InChI=1S/C19H20ClNO6S/c1-25-16-10-14(6-9-18(22)26-2)11-17(19(16)27-3)28(23,24)21-12-13-4-7-15(20)8-5-13/h4-11,21H,12H2,1-3H3/b9-6+. The van der Waals surface area contributed by atoms with Gasteiger partial charge in [0, 0.05) is 17.6 Å². The molecule has 0 heterocycles. The predicted octanol–water partition coefficient (Wildman–Crippen LogP) is 3.02. The molecule has 0 saturated heterocycles. The van der Waals surface area contributed by atoms with Gasteiger partial charge in [-0.05, 0) is 41.5 Å². The zero-order valence-corrected chi connectivity index (χ0v) is 17.1. The highest BCUT2D eigenvalue weighted by Crippen LogP contribution is 2.36. The number of benzene rings is 2. The van der Waals surface area contributed by atoms with Gasteiger partial charge in [0.2, 0.25) is 10.0 Å². The van der Waals surface area contributed by atoms with Crippen molar-refractivity contribution in [3.8, 4) is 11.5 Å². The van der Waals surface area contributed by atoms with Crippen molar-refractivity contribution in [2.75, 3.05) is 21.3 Å². The maximum Gasteiger partial charge on any atom is 0.330 e. The van der Waals surface area contributed by atoms with E-state index < -0.39 is 16.0 Å². The molecule has 0 saturated carbocycles. The molecule has 0 aliphatic rings. The summed E-state index contributed by atoms with van der Waals surface area (Å²) < 4.78 is 43.3. The summed E-state index contributed by atoms with van der Waals surface area (Å²) in [7, 11) is 0.0386. The Morgan fingerprint density at radius 2 is 1.79 bits per heavy atom. The summed E-state index contributed by atoms with van der Waals surface area (Å²) >= 11 is 5.84. The molecule has 0 aliphatic heterocycles. The molecule has 150 valence electrons. The average Bonchev–Trinajstić information content (AvgIpc) is 2.70. The van der Waals surface area contributed by atoms with Crippen molar-refractivity contribution >= 4 is 33.7 Å². The highest BCUT2D eigenvalue weighted by atomic mass is 35.5. The van der Waals surface area contributed by atoms with Crippen molar-refractivity contribution < 1.29 is 27.4 Å². The van der Waals surface area contributed by atoms with E-state index in [2.05, 4.69) is 9.46 Å². The topological polar surface area (TPSA) is 90.9 Å². The van der Waals surface area contributed by atoms with E-state index in [0.717, 1.165) is 5.56 Å². The van der Waals surface area contributed by atoms with Crippen LogP contribution in [0.3, 0.4) is 0 Å². The van der Waals surface area contributed by atoms with E-state index in [4.69, 9.17) is 21.1 Å². The van der Waals surface area contributed by atoms with Gasteiger partial charge in [0.1, 0.15) is 4.90 Å². The molecule has 2 aromatic carbocycles. The summed E-state index contributed by atoms with van der Waals surface area (Å²) in [6.45, 7) is 0.0627. The molecule has 2 aromatic rings. The van der Waals surface area contributed by atoms with Crippen LogP contribution in [0.5, 0.6) is 11.5 Å². The molecule has 28 heavy (non-hydrogen) atoms. The molecule has 0 aromatic heterocycles. The maximum absolute atomic E-state index is 12.9. The van der Waals surface area contributed by atoms with Crippen molar-refractivity contribution in [2.45, 2.75) is 11.4 Å². The Labute approximate surface area is 168 Å². The van der Waals surface area contributed by atoms with Gasteiger partial charge >= 0.3 is 5.97 Å². The molecule has 0 amide bonds. The van der Waals surface area contributed by atoms with Crippen molar-refractivity contribution in [1.82, 2.24) is 4.72 Å². The SMILES string of the molecule is COC(=O)/C=C/c1cc(OC)c(OC)c(S(=O)(=O)NCc2ccc(Cl)cc2)c1. The highest BCUT2D eigenvalue weighted by molar-refractivity contribution is 7.89. The van der Waals surface area contributed by atoms with E-state index in [0.29, 0.717) is 10.6 Å². The quantitative estimate of drug-likeness (QED) is 0.516. The molecule has 0 fully saturated rings. The lowest BCUT2D eigenvalue weighted by Gasteiger charge is -2.15. The van der Waals surface area contributed by atoms with Gasteiger partial charge in [-0.2, -0.15) is 0 Å². The second kappa shape index (κ2) is 9.59. The molecule has 1 N–H and O–H groups in total. The number of nitrogens with one attached hydrogen (secondary N) is 1. The molecule has 0 aliphatic carbocycles. The molecule has 0 bridgehead atoms. The van der Waals surface area contributed by atoms with E-state index in [-0.39, 0.29) is 22.9 Å². The predicted molar refractivity (Wildman–Crippen MR) is 106 cm³/mol. The fourth-order valence-electron chi connectivity index (χ4n) is 2.34. The fourth-order valence-corrected chi connectivity index (χ4v) is 3.69. The third-order valence-corrected chi connectivity index (χ3v) is 5.41. The average molecular weight is 426 g/mol. The number of sulfonamides is 1. The van der Waals surface area contributed by atoms with E-state index in [1.807, 2.05) is 0 Å². The molecular weight excluding hydrogens is 406 g/mol. The van der Waals surface area contributed by atoms with Crippen LogP contribution < -0.4 is 14.2 Å². The molecule has 0 radical (unpaired) electrons. The minimum Gasteiger partial charge on any atom is -0.493 e.